The number of aromatic nitrogens is 2. The maximum Gasteiger partial charge on any atom is 0.335 e. The number of nitrogens with zero attached hydrogens (tertiary/aromatic N) is 2. The van der Waals surface area contributed by atoms with Crippen LogP contribution in [0.4, 0.5) is 5.69 Å². The largest absolute Gasteiger partial charge is 0.478 e. The Morgan fingerprint density at radius 1 is 1.12 bits per heavy atom. The Morgan fingerprint density at radius 2 is 1.84 bits per heavy atom. The van der Waals surface area contributed by atoms with Crippen molar-refractivity contribution in [1.29, 1.82) is 0 Å². The SMILES string of the molecule is Cc1cc(C)c2c(c1)-c1cc(C)nn1C(c1ccc(C(=O)O)cc1)N2. The molecule has 1 unspecified atom stereocenters. The quantitative estimate of drug-likeness (QED) is 0.739. The second kappa shape index (κ2) is 5.48. The Morgan fingerprint density at radius 3 is 2.52 bits per heavy atom. The maximum atomic E-state index is 11.1. The van der Waals surface area contributed by atoms with Gasteiger partial charge in [-0.15, -0.1) is 0 Å². The van der Waals surface area contributed by atoms with Crippen LogP contribution in [0.5, 0.6) is 0 Å². The molecular weight excluding hydrogens is 314 g/mol. The fraction of sp³-hybridized carbons (Fsp3) is 0.200. The molecule has 2 aromatic carbocycles. The van der Waals surface area contributed by atoms with Crippen LogP contribution in [-0.4, -0.2) is 20.9 Å². The molecule has 1 aliphatic rings. The highest BCUT2D eigenvalue weighted by molar-refractivity contribution is 5.87. The second-order valence-corrected chi connectivity index (χ2v) is 6.59. The van der Waals surface area contributed by atoms with Crippen molar-refractivity contribution in [2.75, 3.05) is 5.32 Å². The fourth-order valence-corrected chi connectivity index (χ4v) is 3.51. The Bertz CT molecular complexity index is 987. The first-order valence-corrected chi connectivity index (χ1v) is 8.21. The minimum Gasteiger partial charge on any atom is -0.478 e. The van der Waals surface area contributed by atoms with Crippen molar-refractivity contribution in [3.8, 4) is 11.3 Å². The maximum absolute atomic E-state index is 11.1. The van der Waals surface area contributed by atoms with Crippen LogP contribution in [0.1, 0.15) is 38.9 Å². The van der Waals surface area contributed by atoms with Crippen LogP contribution in [0.3, 0.4) is 0 Å². The minimum absolute atomic E-state index is 0.166. The molecule has 3 aromatic rings. The summed E-state index contributed by atoms with van der Waals surface area (Å²) in [4.78, 5) is 11.1. The van der Waals surface area contributed by atoms with Crippen LogP contribution < -0.4 is 5.32 Å². The number of hydrogen-bond donors (Lipinski definition) is 2. The summed E-state index contributed by atoms with van der Waals surface area (Å²) in [5.74, 6) is -0.921. The molecule has 2 N–H and O–H groups in total. The zero-order chi connectivity index (χ0) is 17.7. The molecule has 5 nitrogen and oxygen atoms in total. The van der Waals surface area contributed by atoms with Gasteiger partial charge in [-0.2, -0.15) is 5.10 Å². The monoisotopic (exact) mass is 333 g/mol. The van der Waals surface area contributed by atoms with Gasteiger partial charge in [0.05, 0.1) is 17.0 Å². The lowest BCUT2D eigenvalue weighted by molar-refractivity contribution is 0.0697. The van der Waals surface area contributed by atoms with Crippen molar-refractivity contribution in [1.82, 2.24) is 9.78 Å². The number of aryl methyl sites for hydroxylation is 3. The van der Waals surface area contributed by atoms with Gasteiger partial charge in [0.25, 0.3) is 0 Å². The van der Waals surface area contributed by atoms with Gasteiger partial charge in [0.15, 0.2) is 0 Å². The molecule has 1 atom stereocenters. The van der Waals surface area contributed by atoms with Gasteiger partial charge in [0.1, 0.15) is 6.17 Å². The molecule has 0 radical (unpaired) electrons. The number of benzene rings is 2. The van der Waals surface area contributed by atoms with E-state index >= 15 is 0 Å². The first kappa shape index (κ1) is 15.4. The Labute approximate surface area is 145 Å². The van der Waals surface area contributed by atoms with E-state index in [2.05, 4.69) is 42.5 Å². The number of hydrogen-bond acceptors (Lipinski definition) is 3. The van der Waals surface area contributed by atoms with E-state index in [1.54, 1.807) is 12.1 Å². The highest BCUT2D eigenvalue weighted by Crippen LogP contribution is 2.40. The number of rotatable bonds is 2. The highest BCUT2D eigenvalue weighted by atomic mass is 16.4. The molecule has 0 aliphatic carbocycles. The average Bonchev–Trinajstić information content (AvgIpc) is 2.96. The fourth-order valence-electron chi connectivity index (χ4n) is 3.51. The van der Waals surface area contributed by atoms with Gasteiger partial charge in [0, 0.05) is 11.3 Å². The smallest absolute Gasteiger partial charge is 0.335 e. The summed E-state index contributed by atoms with van der Waals surface area (Å²) in [6.07, 6.45) is -0.166. The first-order chi connectivity index (χ1) is 11.9. The number of carbonyl (C=O) groups is 1. The van der Waals surface area contributed by atoms with Crippen molar-refractivity contribution in [2.45, 2.75) is 26.9 Å². The third kappa shape index (κ3) is 2.48. The van der Waals surface area contributed by atoms with E-state index in [1.807, 2.05) is 23.7 Å². The van der Waals surface area contributed by atoms with Crippen molar-refractivity contribution in [2.24, 2.45) is 0 Å². The lowest BCUT2D eigenvalue weighted by Gasteiger charge is -2.30. The molecule has 4 rings (SSSR count). The van der Waals surface area contributed by atoms with Gasteiger partial charge in [-0.05, 0) is 56.2 Å². The van der Waals surface area contributed by atoms with E-state index in [9.17, 15) is 4.79 Å². The summed E-state index contributed by atoms with van der Waals surface area (Å²) in [6.45, 7) is 6.18. The normalized spacial score (nSPS) is 15.2. The van der Waals surface area contributed by atoms with E-state index in [0.717, 1.165) is 28.2 Å². The topological polar surface area (TPSA) is 67.2 Å². The van der Waals surface area contributed by atoms with E-state index in [0.29, 0.717) is 0 Å². The molecule has 0 amide bonds. The Balaban J connectivity index is 1.87. The lowest BCUT2D eigenvalue weighted by atomic mass is 9.98. The first-order valence-electron chi connectivity index (χ1n) is 8.21. The predicted octanol–water partition coefficient (Wildman–Crippen LogP) is 4.15. The molecule has 5 heteroatoms. The summed E-state index contributed by atoms with van der Waals surface area (Å²) >= 11 is 0. The molecule has 2 heterocycles. The van der Waals surface area contributed by atoms with Crippen LogP contribution >= 0.6 is 0 Å². The van der Waals surface area contributed by atoms with Crippen LogP contribution in [0.25, 0.3) is 11.3 Å². The summed E-state index contributed by atoms with van der Waals surface area (Å²) in [7, 11) is 0. The molecule has 1 aromatic heterocycles. The van der Waals surface area contributed by atoms with E-state index in [-0.39, 0.29) is 11.7 Å². The molecule has 126 valence electrons. The van der Waals surface area contributed by atoms with Crippen LogP contribution in [-0.2, 0) is 0 Å². The summed E-state index contributed by atoms with van der Waals surface area (Å²) in [6, 6.07) is 13.4. The molecule has 0 spiro atoms. The van der Waals surface area contributed by atoms with Gasteiger partial charge in [-0.3, -0.25) is 0 Å². The summed E-state index contributed by atoms with van der Waals surface area (Å²) in [5, 5.41) is 17.3. The van der Waals surface area contributed by atoms with Gasteiger partial charge >= 0.3 is 5.97 Å². The molecular formula is C20H19N3O2. The number of fused-ring (bicyclic) bond motifs is 3. The average molecular weight is 333 g/mol. The van der Waals surface area contributed by atoms with Crippen LogP contribution in [0, 0.1) is 20.8 Å². The second-order valence-electron chi connectivity index (χ2n) is 6.59. The molecule has 1 aliphatic heterocycles. The van der Waals surface area contributed by atoms with E-state index in [1.165, 1.54) is 11.1 Å². The van der Waals surface area contributed by atoms with Crippen LogP contribution in [0.2, 0.25) is 0 Å². The Hall–Kier alpha value is -3.08. The van der Waals surface area contributed by atoms with Crippen molar-refractivity contribution in [3.05, 3.63) is 70.4 Å². The molecule has 0 bridgehead atoms. The van der Waals surface area contributed by atoms with Crippen molar-refractivity contribution >= 4 is 11.7 Å². The number of nitrogens with one attached hydrogen (secondary N) is 1. The van der Waals surface area contributed by atoms with E-state index < -0.39 is 5.97 Å². The van der Waals surface area contributed by atoms with Crippen LogP contribution in [0.15, 0.2) is 42.5 Å². The van der Waals surface area contributed by atoms with Crippen molar-refractivity contribution < 1.29 is 9.90 Å². The number of anilines is 1. The highest BCUT2D eigenvalue weighted by Gasteiger charge is 2.27. The molecule has 0 saturated carbocycles. The van der Waals surface area contributed by atoms with E-state index in [4.69, 9.17) is 5.11 Å². The molecule has 0 fully saturated rings. The standard InChI is InChI=1S/C20H19N3O2/c1-11-8-12(2)18-16(9-11)17-10-13(3)22-23(17)19(21-18)14-4-6-15(7-5-14)20(24)25/h4-10,19,21H,1-3H3,(H,24,25). The molecule has 25 heavy (non-hydrogen) atoms. The Kier molecular flexibility index (Phi) is 3.39. The predicted molar refractivity (Wildman–Crippen MR) is 97.0 cm³/mol. The van der Waals surface area contributed by atoms with Gasteiger partial charge < -0.3 is 10.4 Å². The number of carboxylic acids is 1. The summed E-state index contributed by atoms with van der Waals surface area (Å²) < 4.78 is 1.98. The zero-order valence-electron chi connectivity index (χ0n) is 14.4. The third-order valence-corrected chi connectivity index (χ3v) is 4.61. The van der Waals surface area contributed by atoms with Crippen molar-refractivity contribution in [3.63, 3.8) is 0 Å². The molecule has 0 saturated heterocycles. The van der Waals surface area contributed by atoms with Gasteiger partial charge in [-0.25, -0.2) is 9.48 Å². The van der Waals surface area contributed by atoms with Gasteiger partial charge in [0.2, 0.25) is 0 Å². The zero-order valence-corrected chi connectivity index (χ0v) is 14.4. The lowest BCUT2D eigenvalue weighted by Crippen LogP contribution is -2.26. The summed E-state index contributed by atoms with van der Waals surface area (Å²) in [5.41, 5.74) is 7.94. The third-order valence-electron chi connectivity index (χ3n) is 4.61. The number of carboxylic acid groups (broad SMARTS) is 1. The van der Waals surface area contributed by atoms with Gasteiger partial charge in [-0.1, -0.05) is 23.8 Å². The minimum atomic E-state index is -0.921. The number of aromatic carboxylic acids is 1.